The highest BCUT2D eigenvalue weighted by atomic mass is 35.5. The van der Waals surface area contributed by atoms with E-state index in [9.17, 15) is 4.79 Å². The van der Waals surface area contributed by atoms with E-state index in [-0.39, 0.29) is 5.91 Å². The number of halogens is 1. The number of rotatable bonds is 4. The van der Waals surface area contributed by atoms with E-state index < -0.39 is 0 Å². The molecule has 1 aliphatic rings. The number of hydrogen-bond acceptors (Lipinski definition) is 2. The molecule has 0 spiro atoms. The van der Waals surface area contributed by atoms with Crippen LogP contribution in [-0.2, 0) is 0 Å². The van der Waals surface area contributed by atoms with Gasteiger partial charge in [-0.15, -0.1) is 11.8 Å². The van der Waals surface area contributed by atoms with Crippen LogP contribution in [0.1, 0.15) is 43.0 Å². The van der Waals surface area contributed by atoms with E-state index in [1.54, 1.807) is 11.8 Å². The average molecular weight is 298 g/mol. The summed E-state index contributed by atoms with van der Waals surface area (Å²) in [5, 5.41) is 0.555. The molecule has 0 N–H and O–H groups in total. The Hall–Kier alpha value is -0.670. The van der Waals surface area contributed by atoms with Crippen LogP contribution in [0.5, 0.6) is 0 Å². The summed E-state index contributed by atoms with van der Waals surface area (Å²) in [6.07, 6.45) is 6.71. The standard InChI is InChI=1S/C15H20ClNOS/c1-3-17(11-6-4-5-7-11)15(18)13-10-12(19-2)8-9-14(13)16/h8-11H,3-7H2,1-2H3. The Bertz CT molecular complexity index is 457. The maximum Gasteiger partial charge on any atom is 0.255 e. The lowest BCUT2D eigenvalue weighted by atomic mass is 10.1. The number of carbonyl (C=O) groups excluding carboxylic acids is 1. The summed E-state index contributed by atoms with van der Waals surface area (Å²) in [5.41, 5.74) is 0.641. The predicted octanol–water partition coefficient (Wildman–Crippen LogP) is 4.47. The Kier molecular flexibility index (Phi) is 5.17. The van der Waals surface area contributed by atoms with Crippen molar-refractivity contribution in [1.29, 1.82) is 0 Å². The van der Waals surface area contributed by atoms with E-state index in [2.05, 4.69) is 0 Å². The highest BCUT2D eigenvalue weighted by molar-refractivity contribution is 7.98. The van der Waals surface area contributed by atoms with Crippen LogP contribution in [-0.4, -0.2) is 29.6 Å². The van der Waals surface area contributed by atoms with Crippen LogP contribution >= 0.6 is 23.4 Å². The highest BCUT2D eigenvalue weighted by Gasteiger charge is 2.27. The van der Waals surface area contributed by atoms with E-state index in [0.29, 0.717) is 16.6 Å². The largest absolute Gasteiger partial charge is 0.336 e. The Balaban J connectivity index is 2.25. The Labute approximate surface area is 124 Å². The first-order chi connectivity index (χ1) is 9.17. The second-order valence-electron chi connectivity index (χ2n) is 4.88. The van der Waals surface area contributed by atoms with Crippen LogP contribution in [0.15, 0.2) is 23.1 Å². The summed E-state index contributed by atoms with van der Waals surface area (Å²) in [7, 11) is 0. The van der Waals surface area contributed by atoms with Gasteiger partial charge in [0.15, 0.2) is 0 Å². The smallest absolute Gasteiger partial charge is 0.255 e. The summed E-state index contributed by atoms with van der Waals surface area (Å²) in [5.74, 6) is 0.0790. The molecular formula is C15H20ClNOS. The summed E-state index contributed by atoms with van der Waals surface area (Å²) in [6, 6.07) is 6.08. The van der Waals surface area contributed by atoms with Crippen LogP contribution in [0, 0.1) is 0 Å². The number of benzene rings is 1. The quantitative estimate of drug-likeness (QED) is 0.764. The van der Waals surface area contributed by atoms with Crippen molar-refractivity contribution in [3.63, 3.8) is 0 Å². The summed E-state index contributed by atoms with van der Waals surface area (Å²) in [4.78, 5) is 15.7. The fraction of sp³-hybridized carbons (Fsp3) is 0.533. The third-order valence-electron chi connectivity index (χ3n) is 3.77. The second kappa shape index (κ2) is 6.67. The van der Waals surface area contributed by atoms with Gasteiger partial charge in [0.05, 0.1) is 10.6 Å². The first-order valence-electron chi connectivity index (χ1n) is 6.82. The number of hydrogen-bond donors (Lipinski definition) is 0. The second-order valence-corrected chi connectivity index (χ2v) is 6.16. The van der Waals surface area contributed by atoms with E-state index in [1.807, 2.05) is 36.3 Å². The first-order valence-corrected chi connectivity index (χ1v) is 8.42. The molecule has 104 valence electrons. The number of amides is 1. The van der Waals surface area contributed by atoms with E-state index in [1.165, 1.54) is 12.8 Å². The minimum atomic E-state index is 0.0790. The number of thioether (sulfide) groups is 1. The fourth-order valence-electron chi connectivity index (χ4n) is 2.73. The lowest BCUT2D eigenvalue weighted by Gasteiger charge is -2.28. The molecule has 1 aliphatic carbocycles. The van der Waals surface area contributed by atoms with Crippen molar-refractivity contribution >= 4 is 29.3 Å². The van der Waals surface area contributed by atoms with Gasteiger partial charge in [0, 0.05) is 17.5 Å². The summed E-state index contributed by atoms with van der Waals surface area (Å²) >= 11 is 7.83. The molecule has 2 nitrogen and oxygen atoms in total. The molecule has 1 saturated carbocycles. The van der Waals surface area contributed by atoms with Gasteiger partial charge in [-0.3, -0.25) is 4.79 Å². The summed E-state index contributed by atoms with van der Waals surface area (Å²) in [6.45, 7) is 2.80. The van der Waals surface area contributed by atoms with Crippen LogP contribution < -0.4 is 0 Å². The van der Waals surface area contributed by atoms with Crippen LogP contribution in [0.2, 0.25) is 5.02 Å². The predicted molar refractivity (Wildman–Crippen MR) is 82.2 cm³/mol. The molecule has 4 heteroatoms. The molecule has 0 saturated heterocycles. The van der Waals surface area contributed by atoms with Gasteiger partial charge in [-0.05, 0) is 44.2 Å². The van der Waals surface area contributed by atoms with Crippen LogP contribution in [0.4, 0.5) is 0 Å². The zero-order valence-electron chi connectivity index (χ0n) is 11.5. The highest BCUT2D eigenvalue weighted by Crippen LogP contribution is 2.28. The van der Waals surface area contributed by atoms with Crippen LogP contribution in [0.25, 0.3) is 0 Å². The minimum absolute atomic E-state index is 0.0790. The normalized spacial score (nSPS) is 15.7. The Morgan fingerprint density at radius 2 is 2.11 bits per heavy atom. The van der Waals surface area contributed by atoms with Crippen molar-refractivity contribution < 1.29 is 4.79 Å². The molecule has 1 amide bonds. The SMILES string of the molecule is CCN(C(=O)c1cc(SC)ccc1Cl)C1CCCC1. The van der Waals surface area contributed by atoms with E-state index in [4.69, 9.17) is 11.6 Å². The van der Waals surface area contributed by atoms with Crippen molar-refractivity contribution in [2.24, 2.45) is 0 Å². The molecule has 0 heterocycles. The van der Waals surface area contributed by atoms with Gasteiger partial charge in [0.1, 0.15) is 0 Å². The molecule has 0 bridgehead atoms. The third kappa shape index (κ3) is 3.26. The zero-order chi connectivity index (χ0) is 13.8. The Morgan fingerprint density at radius 1 is 1.42 bits per heavy atom. The van der Waals surface area contributed by atoms with Crippen molar-refractivity contribution in [3.8, 4) is 0 Å². The molecule has 0 atom stereocenters. The maximum atomic E-state index is 12.7. The van der Waals surface area contributed by atoms with Gasteiger partial charge in [0.25, 0.3) is 5.91 Å². The van der Waals surface area contributed by atoms with Crippen LogP contribution in [0.3, 0.4) is 0 Å². The summed E-state index contributed by atoms with van der Waals surface area (Å²) < 4.78 is 0. The molecule has 0 unspecified atom stereocenters. The van der Waals surface area contributed by atoms with Gasteiger partial charge in [-0.25, -0.2) is 0 Å². The fourth-order valence-corrected chi connectivity index (χ4v) is 3.37. The van der Waals surface area contributed by atoms with Crippen molar-refractivity contribution in [2.45, 2.75) is 43.5 Å². The molecule has 0 aliphatic heterocycles. The van der Waals surface area contributed by atoms with Gasteiger partial charge < -0.3 is 4.90 Å². The number of nitrogens with zero attached hydrogens (tertiary/aromatic N) is 1. The monoisotopic (exact) mass is 297 g/mol. The van der Waals surface area contributed by atoms with Gasteiger partial charge in [-0.1, -0.05) is 24.4 Å². The molecule has 2 rings (SSSR count). The maximum absolute atomic E-state index is 12.7. The zero-order valence-corrected chi connectivity index (χ0v) is 13.1. The molecule has 0 radical (unpaired) electrons. The minimum Gasteiger partial charge on any atom is -0.336 e. The lowest BCUT2D eigenvalue weighted by molar-refractivity contribution is 0.0693. The van der Waals surface area contributed by atoms with Gasteiger partial charge in [-0.2, -0.15) is 0 Å². The lowest BCUT2D eigenvalue weighted by Crippen LogP contribution is -2.38. The molecule has 1 aromatic rings. The molecule has 1 fully saturated rings. The molecular weight excluding hydrogens is 278 g/mol. The van der Waals surface area contributed by atoms with Crippen molar-refractivity contribution in [1.82, 2.24) is 4.90 Å². The number of carbonyl (C=O) groups is 1. The van der Waals surface area contributed by atoms with Gasteiger partial charge >= 0.3 is 0 Å². The average Bonchev–Trinajstić information content (AvgIpc) is 2.94. The molecule has 19 heavy (non-hydrogen) atoms. The first kappa shape index (κ1) is 14.7. The van der Waals surface area contributed by atoms with Crippen molar-refractivity contribution in [3.05, 3.63) is 28.8 Å². The van der Waals surface area contributed by atoms with E-state index in [0.717, 1.165) is 24.3 Å². The topological polar surface area (TPSA) is 20.3 Å². The molecule has 1 aromatic carbocycles. The van der Waals surface area contributed by atoms with Gasteiger partial charge in [0.2, 0.25) is 0 Å². The molecule has 0 aromatic heterocycles. The van der Waals surface area contributed by atoms with E-state index >= 15 is 0 Å². The van der Waals surface area contributed by atoms with Crippen molar-refractivity contribution in [2.75, 3.05) is 12.8 Å². The third-order valence-corrected chi connectivity index (χ3v) is 4.83. The Morgan fingerprint density at radius 3 is 2.68 bits per heavy atom.